The summed E-state index contributed by atoms with van der Waals surface area (Å²) in [5.41, 5.74) is 0.358. The van der Waals surface area contributed by atoms with E-state index in [4.69, 9.17) is 4.74 Å². The van der Waals surface area contributed by atoms with Crippen LogP contribution in [0.3, 0.4) is 0 Å². The van der Waals surface area contributed by atoms with Crippen LogP contribution in [-0.4, -0.2) is 17.2 Å². The Balaban J connectivity index is 2.52. The first kappa shape index (κ1) is 12.5. The third-order valence-electron chi connectivity index (χ3n) is 2.29. The van der Waals surface area contributed by atoms with Crippen LogP contribution in [0.15, 0.2) is 22.4 Å². The van der Waals surface area contributed by atoms with Gasteiger partial charge in [-0.15, -0.1) is 0 Å². The van der Waals surface area contributed by atoms with E-state index >= 15 is 0 Å². The monoisotopic (exact) mass is 274 g/mol. The molecule has 15 heavy (non-hydrogen) atoms. The van der Waals surface area contributed by atoms with Crippen LogP contribution < -0.4 is 0 Å². The van der Waals surface area contributed by atoms with E-state index < -0.39 is 12.1 Å². The van der Waals surface area contributed by atoms with E-state index in [1.54, 1.807) is 6.08 Å². The lowest BCUT2D eigenvalue weighted by Gasteiger charge is -2.08. The number of unbranched alkanes of at least 4 members (excludes halogenated alkanes) is 2. The molecule has 0 saturated heterocycles. The highest BCUT2D eigenvalue weighted by molar-refractivity contribution is 9.11. The number of hydrogen-bond donors (Lipinski definition) is 1. The number of aliphatic hydroxyl groups excluding tert-OH is 1. The fourth-order valence-electron chi connectivity index (χ4n) is 1.44. The molecule has 3 nitrogen and oxygen atoms in total. The molecule has 0 aromatic rings. The van der Waals surface area contributed by atoms with Crippen molar-refractivity contribution in [3.05, 3.63) is 22.4 Å². The minimum absolute atomic E-state index is 0.358. The number of cyclic esters (lactones) is 1. The number of aliphatic hydroxyl groups is 1. The minimum Gasteiger partial charge on any atom is -0.423 e. The van der Waals surface area contributed by atoms with Crippen LogP contribution >= 0.6 is 15.9 Å². The molecule has 84 valence electrons. The molecule has 0 amide bonds. The summed E-state index contributed by atoms with van der Waals surface area (Å²) < 4.78 is 4.87. The molecular weight excluding hydrogens is 260 g/mol. The highest BCUT2D eigenvalue weighted by Gasteiger charge is 2.26. The third-order valence-corrected chi connectivity index (χ3v) is 2.74. The number of ether oxygens (including phenoxy) is 1. The number of allylic oxidation sites excluding steroid dienone is 1. The summed E-state index contributed by atoms with van der Waals surface area (Å²) in [4.78, 5) is 12.8. The largest absolute Gasteiger partial charge is 0.423 e. The van der Waals surface area contributed by atoms with Gasteiger partial charge in [-0.05, 0) is 12.5 Å². The average molecular weight is 275 g/mol. The Kier molecular flexibility index (Phi) is 5.05. The van der Waals surface area contributed by atoms with Crippen molar-refractivity contribution in [2.45, 2.75) is 38.7 Å². The molecule has 1 atom stereocenters. The second kappa shape index (κ2) is 6.08. The van der Waals surface area contributed by atoms with E-state index in [2.05, 4.69) is 22.9 Å². The van der Waals surface area contributed by atoms with Crippen LogP contribution in [0.2, 0.25) is 0 Å². The van der Waals surface area contributed by atoms with Crippen LogP contribution in [-0.2, 0) is 9.53 Å². The summed E-state index contributed by atoms with van der Waals surface area (Å²) in [7, 11) is 0. The quantitative estimate of drug-likeness (QED) is 0.619. The van der Waals surface area contributed by atoms with E-state index in [9.17, 15) is 9.90 Å². The first-order valence-electron chi connectivity index (χ1n) is 5.11. The first-order chi connectivity index (χ1) is 7.19. The molecule has 1 aliphatic rings. The molecule has 0 spiro atoms. The van der Waals surface area contributed by atoms with Gasteiger partial charge < -0.3 is 9.84 Å². The Morgan fingerprint density at radius 2 is 2.33 bits per heavy atom. The van der Waals surface area contributed by atoms with Gasteiger partial charge >= 0.3 is 5.97 Å². The Labute approximate surface area is 97.9 Å². The van der Waals surface area contributed by atoms with Gasteiger partial charge in [0.15, 0.2) is 0 Å². The van der Waals surface area contributed by atoms with Gasteiger partial charge in [0.05, 0.1) is 11.7 Å². The molecule has 1 heterocycles. The van der Waals surface area contributed by atoms with Crippen LogP contribution in [0.5, 0.6) is 0 Å². The Morgan fingerprint density at radius 1 is 1.60 bits per heavy atom. The van der Waals surface area contributed by atoms with Gasteiger partial charge in [0.1, 0.15) is 5.76 Å². The van der Waals surface area contributed by atoms with E-state index in [0.717, 1.165) is 19.3 Å². The van der Waals surface area contributed by atoms with Crippen LogP contribution in [0.4, 0.5) is 0 Å². The van der Waals surface area contributed by atoms with Crippen molar-refractivity contribution in [2.75, 3.05) is 0 Å². The van der Waals surface area contributed by atoms with Crippen LogP contribution in [0.1, 0.15) is 32.6 Å². The summed E-state index contributed by atoms with van der Waals surface area (Å²) in [6.45, 7) is 2.10. The molecule has 0 fully saturated rings. The van der Waals surface area contributed by atoms with E-state index in [1.165, 1.54) is 4.99 Å². The lowest BCUT2D eigenvalue weighted by Crippen LogP contribution is -2.15. The highest BCUT2D eigenvalue weighted by atomic mass is 79.9. The Bertz CT molecular complexity index is 294. The second-order valence-corrected chi connectivity index (χ2v) is 3.97. The molecule has 1 N–H and O–H groups in total. The first-order valence-corrected chi connectivity index (χ1v) is 6.02. The van der Waals surface area contributed by atoms with Gasteiger partial charge in [0.25, 0.3) is 0 Å². The van der Waals surface area contributed by atoms with Crippen molar-refractivity contribution in [3.63, 3.8) is 0 Å². The molecule has 1 unspecified atom stereocenters. The van der Waals surface area contributed by atoms with Gasteiger partial charge in [-0.3, -0.25) is 0 Å². The molecule has 0 aliphatic carbocycles. The fraction of sp³-hybridized carbons (Fsp3) is 0.545. The zero-order chi connectivity index (χ0) is 11.3. The molecule has 0 aromatic heterocycles. The zero-order valence-electron chi connectivity index (χ0n) is 8.70. The smallest absolute Gasteiger partial charge is 0.342 e. The summed E-state index contributed by atoms with van der Waals surface area (Å²) in [6.07, 6.45) is 4.59. The van der Waals surface area contributed by atoms with E-state index in [1.807, 2.05) is 0 Å². The van der Waals surface area contributed by atoms with Crippen molar-refractivity contribution in [2.24, 2.45) is 0 Å². The summed E-state index contributed by atoms with van der Waals surface area (Å²) >= 11 is 3.08. The van der Waals surface area contributed by atoms with Gasteiger partial charge in [-0.25, -0.2) is 4.79 Å². The van der Waals surface area contributed by atoms with Crippen LogP contribution in [0, 0.1) is 0 Å². The molecule has 0 saturated carbocycles. The standard InChI is InChI=1S/C11H15BrO3/c1-2-3-4-5-10(13)9-6-8(7-12)15-11(9)14/h6-7,10,13H,2-5H2,1H3/b8-7-. The number of halogens is 1. The molecule has 0 aromatic carbocycles. The van der Waals surface area contributed by atoms with Gasteiger partial charge in [-0.2, -0.15) is 0 Å². The van der Waals surface area contributed by atoms with Gasteiger partial charge in [-0.1, -0.05) is 42.1 Å². The number of hydrogen-bond acceptors (Lipinski definition) is 3. The SMILES string of the molecule is CCCCCC(O)C1=C/C(=C/Br)OC1=O. The second-order valence-electron chi connectivity index (χ2n) is 3.51. The molecular formula is C11H15BrO3. The molecule has 0 radical (unpaired) electrons. The number of carbonyl (C=O) groups is 1. The normalized spacial score (nSPS) is 20.3. The number of esters is 1. The average Bonchev–Trinajstić information content (AvgIpc) is 2.60. The third kappa shape index (κ3) is 3.47. The van der Waals surface area contributed by atoms with Gasteiger partial charge in [0, 0.05) is 4.99 Å². The maximum absolute atomic E-state index is 11.3. The molecule has 0 bridgehead atoms. The maximum Gasteiger partial charge on any atom is 0.342 e. The molecule has 1 rings (SSSR count). The summed E-state index contributed by atoms with van der Waals surface area (Å²) in [5, 5.41) is 9.75. The molecule has 1 aliphatic heterocycles. The lowest BCUT2D eigenvalue weighted by molar-refractivity contribution is -0.134. The maximum atomic E-state index is 11.3. The zero-order valence-corrected chi connectivity index (χ0v) is 10.3. The van der Waals surface area contributed by atoms with E-state index in [-0.39, 0.29) is 0 Å². The van der Waals surface area contributed by atoms with Crippen LogP contribution in [0.25, 0.3) is 0 Å². The fourth-order valence-corrected chi connectivity index (χ4v) is 1.66. The predicted molar refractivity (Wildman–Crippen MR) is 61.3 cm³/mol. The number of rotatable bonds is 5. The lowest BCUT2D eigenvalue weighted by atomic mass is 10.0. The van der Waals surface area contributed by atoms with Crippen molar-refractivity contribution in [1.29, 1.82) is 0 Å². The minimum atomic E-state index is -0.700. The summed E-state index contributed by atoms with van der Waals surface area (Å²) in [5.74, 6) is 0.00856. The number of carbonyl (C=O) groups excluding carboxylic acids is 1. The van der Waals surface area contributed by atoms with Crippen molar-refractivity contribution >= 4 is 21.9 Å². The van der Waals surface area contributed by atoms with Crippen molar-refractivity contribution in [3.8, 4) is 0 Å². The highest BCUT2D eigenvalue weighted by Crippen LogP contribution is 2.23. The van der Waals surface area contributed by atoms with Crippen molar-refractivity contribution < 1.29 is 14.6 Å². The Hall–Kier alpha value is -0.610. The van der Waals surface area contributed by atoms with E-state index in [0.29, 0.717) is 17.8 Å². The Morgan fingerprint density at radius 3 is 2.87 bits per heavy atom. The van der Waals surface area contributed by atoms with Crippen molar-refractivity contribution in [1.82, 2.24) is 0 Å². The summed E-state index contributed by atoms with van der Waals surface area (Å²) in [6, 6.07) is 0. The van der Waals surface area contributed by atoms with Gasteiger partial charge in [0.2, 0.25) is 0 Å². The molecule has 4 heteroatoms. The topological polar surface area (TPSA) is 46.5 Å². The predicted octanol–water partition coefficient (Wildman–Crippen LogP) is 2.65.